The molecule has 0 amide bonds. The first-order valence-electron chi connectivity index (χ1n) is 8.04. The van der Waals surface area contributed by atoms with E-state index < -0.39 is 0 Å². The van der Waals surface area contributed by atoms with Crippen LogP contribution in [0.25, 0.3) is 0 Å². The second kappa shape index (κ2) is 7.30. The van der Waals surface area contributed by atoms with Gasteiger partial charge in [-0.1, -0.05) is 31.2 Å². The zero-order valence-electron chi connectivity index (χ0n) is 14.2. The van der Waals surface area contributed by atoms with Crippen LogP contribution < -0.4 is 18.9 Å². The van der Waals surface area contributed by atoms with Gasteiger partial charge in [0.05, 0.1) is 7.11 Å². The minimum atomic E-state index is 0.158. The Morgan fingerprint density at radius 3 is 2.50 bits per heavy atom. The first kappa shape index (κ1) is 16.2. The molecule has 0 fully saturated rings. The molecule has 1 heterocycles. The maximum atomic E-state index is 5.94. The maximum absolute atomic E-state index is 5.94. The van der Waals surface area contributed by atoms with E-state index in [1.54, 1.807) is 7.11 Å². The zero-order valence-corrected chi connectivity index (χ0v) is 14.2. The van der Waals surface area contributed by atoms with Crippen LogP contribution in [0.3, 0.4) is 0 Å². The third-order valence-corrected chi connectivity index (χ3v) is 4.16. The van der Waals surface area contributed by atoms with Crippen molar-refractivity contribution in [1.82, 2.24) is 0 Å². The minimum absolute atomic E-state index is 0.158. The van der Waals surface area contributed by atoms with Gasteiger partial charge in [-0.25, -0.2) is 0 Å². The molecule has 0 saturated carbocycles. The molecule has 24 heavy (non-hydrogen) atoms. The fraction of sp³-hybridized carbons (Fsp3) is 0.300. The first-order chi connectivity index (χ1) is 11.7. The third-order valence-electron chi connectivity index (χ3n) is 4.16. The molecule has 126 valence electrons. The molecule has 0 saturated heterocycles. The molecule has 4 nitrogen and oxygen atoms in total. The molecule has 0 N–H and O–H groups in total. The summed E-state index contributed by atoms with van der Waals surface area (Å²) in [7, 11) is 1.67. The number of hydrogen-bond acceptors (Lipinski definition) is 4. The Morgan fingerprint density at radius 1 is 1.12 bits per heavy atom. The van der Waals surface area contributed by atoms with Gasteiger partial charge in [-0.05, 0) is 30.7 Å². The summed E-state index contributed by atoms with van der Waals surface area (Å²) in [6.45, 7) is 4.91. The van der Waals surface area contributed by atoms with Crippen LogP contribution in [0.1, 0.15) is 30.9 Å². The van der Waals surface area contributed by atoms with Gasteiger partial charge in [0.1, 0.15) is 18.1 Å². The van der Waals surface area contributed by atoms with Gasteiger partial charge in [-0.3, -0.25) is 0 Å². The summed E-state index contributed by atoms with van der Waals surface area (Å²) < 4.78 is 22.2. The van der Waals surface area contributed by atoms with Crippen molar-refractivity contribution < 1.29 is 18.9 Å². The molecule has 1 atom stereocenters. The molecular weight excluding hydrogens is 304 g/mol. The van der Waals surface area contributed by atoms with Gasteiger partial charge in [0.2, 0.25) is 6.79 Å². The van der Waals surface area contributed by atoms with Crippen LogP contribution in [0.4, 0.5) is 0 Å². The van der Waals surface area contributed by atoms with Gasteiger partial charge >= 0.3 is 0 Å². The molecule has 4 heteroatoms. The molecule has 0 aliphatic carbocycles. The molecule has 1 aliphatic heterocycles. The van der Waals surface area contributed by atoms with Gasteiger partial charge in [0, 0.05) is 17.5 Å². The predicted molar refractivity (Wildman–Crippen MR) is 93.4 cm³/mol. The summed E-state index contributed by atoms with van der Waals surface area (Å²) in [6, 6.07) is 12.0. The monoisotopic (exact) mass is 326 g/mol. The van der Waals surface area contributed by atoms with Gasteiger partial charge in [-0.2, -0.15) is 0 Å². The lowest BCUT2D eigenvalue weighted by Crippen LogP contribution is -2.02. The number of fused-ring (bicyclic) bond motifs is 1. The Balaban J connectivity index is 1.94. The lowest BCUT2D eigenvalue weighted by molar-refractivity contribution is 0.174. The molecule has 0 spiro atoms. The number of allylic oxidation sites excluding steroid dienone is 1. The lowest BCUT2D eigenvalue weighted by atomic mass is 9.92. The van der Waals surface area contributed by atoms with Gasteiger partial charge < -0.3 is 18.9 Å². The SMILES string of the molecule is C/C=C/COc1cc2c(cc1[C@@H](C)c1ccc(OC)cc1)OCO2. The van der Waals surface area contributed by atoms with Crippen molar-refractivity contribution in [3.63, 3.8) is 0 Å². The zero-order chi connectivity index (χ0) is 16.9. The van der Waals surface area contributed by atoms with E-state index in [0.717, 1.165) is 28.6 Å². The highest BCUT2D eigenvalue weighted by Gasteiger charge is 2.22. The second-order valence-electron chi connectivity index (χ2n) is 5.62. The largest absolute Gasteiger partial charge is 0.497 e. The van der Waals surface area contributed by atoms with Crippen molar-refractivity contribution in [2.45, 2.75) is 19.8 Å². The molecule has 3 rings (SSSR count). The van der Waals surface area contributed by atoms with Crippen LogP contribution in [0.5, 0.6) is 23.0 Å². The Bertz CT molecular complexity index is 719. The topological polar surface area (TPSA) is 36.9 Å². The number of hydrogen-bond donors (Lipinski definition) is 0. The number of ether oxygens (including phenoxy) is 4. The molecule has 0 radical (unpaired) electrons. The van der Waals surface area contributed by atoms with Crippen molar-refractivity contribution in [2.75, 3.05) is 20.5 Å². The number of rotatable bonds is 6. The Hall–Kier alpha value is -2.62. The van der Waals surface area contributed by atoms with E-state index >= 15 is 0 Å². The molecule has 0 bridgehead atoms. The standard InChI is InChI=1S/C20H22O4/c1-4-5-10-22-18-12-20-19(23-13-24-20)11-17(18)14(2)15-6-8-16(21-3)9-7-15/h4-9,11-12,14H,10,13H2,1-3H3/b5-4+/t14-/m0/s1. The quantitative estimate of drug-likeness (QED) is 0.731. The Kier molecular flexibility index (Phi) is 4.94. The van der Waals surface area contributed by atoms with Crippen LogP contribution in [0.15, 0.2) is 48.6 Å². The summed E-state index contributed by atoms with van der Waals surface area (Å²) >= 11 is 0. The molecule has 1 aliphatic rings. The predicted octanol–water partition coefficient (Wildman–Crippen LogP) is 4.53. The van der Waals surface area contributed by atoms with E-state index in [-0.39, 0.29) is 12.7 Å². The average molecular weight is 326 g/mol. The van der Waals surface area contributed by atoms with E-state index in [0.29, 0.717) is 6.61 Å². The highest BCUT2D eigenvalue weighted by molar-refractivity contribution is 5.54. The van der Waals surface area contributed by atoms with Crippen molar-refractivity contribution in [3.8, 4) is 23.0 Å². The van der Waals surface area contributed by atoms with Gasteiger partial charge in [0.15, 0.2) is 11.5 Å². The smallest absolute Gasteiger partial charge is 0.231 e. The van der Waals surface area contributed by atoms with Crippen LogP contribution in [-0.4, -0.2) is 20.5 Å². The van der Waals surface area contributed by atoms with Crippen molar-refractivity contribution in [1.29, 1.82) is 0 Å². The number of methoxy groups -OCH3 is 1. The van der Waals surface area contributed by atoms with E-state index in [1.807, 2.05) is 43.3 Å². The van der Waals surface area contributed by atoms with Crippen molar-refractivity contribution >= 4 is 0 Å². The fourth-order valence-electron chi connectivity index (χ4n) is 2.71. The van der Waals surface area contributed by atoms with Gasteiger partial charge in [0.25, 0.3) is 0 Å². The van der Waals surface area contributed by atoms with Crippen LogP contribution in [-0.2, 0) is 0 Å². The fourth-order valence-corrected chi connectivity index (χ4v) is 2.71. The van der Waals surface area contributed by atoms with E-state index in [1.165, 1.54) is 5.56 Å². The minimum Gasteiger partial charge on any atom is -0.497 e. The van der Waals surface area contributed by atoms with E-state index in [9.17, 15) is 0 Å². The van der Waals surface area contributed by atoms with E-state index in [2.05, 4.69) is 19.1 Å². The normalized spacial score (nSPS) is 14.0. The van der Waals surface area contributed by atoms with Crippen LogP contribution in [0, 0.1) is 0 Å². The summed E-state index contributed by atoms with van der Waals surface area (Å²) in [5.74, 6) is 3.33. The van der Waals surface area contributed by atoms with E-state index in [4.69, 9.17) is 18.9 Å². The molecule has 2 aromatic carbocycles. The summed E-state index contributed by atoms with van der Waals surface area (Å²) in [4.78, 5) is 0. The summed E-state index contributed by atoms with van der Waals surface area (Å²) in [5.41, 5.74) is 2.26. The highest BCUT2D eigenvalue weighted by Crippen LogP contribution is 2.42. The molecular formula is C20H22O4. The molecule has 0 unspecified atom stereocenters. The summed E-state index contributed by atoms with van der Waals surface area (Å²) in [5, 5.41) is 0. The van der Waals surface area contributed by atoms with Crippen LogP contribution >= 0.6 is 0 Å². The first-order valence-corrected chi connectivity index (χ1v) is 8.04. The molecule has 0 aromatic heterocycles. The van der Waals surface area contributed by atoms with Crippen molar-refractivity contribution in [3.05, 3.63) is 59.7 Å². The Labute approximate surface area is 142 Å². The maximum Gasteiger partial charge on any atom is 0.231 e. The van der Waals surface area contributed by atoms with Crippen molar-refractivity contribution in [2.24, 2.45) is 0 Å². The lowest BCUT2D eigenvalue weighted by Gasteiger charge is -2.18. The third kappa shape index (κ3) is 3.32. The highest BCUT2D eigenvalue weighted by atomic mass is 16.7. The molecule has 2 aromatic rings. The summed E-state index contributed by atoms with van der Waals surface area (Å²) in [6.07, 6.45) is 3.95. The average Bonchev–Trinajstić information content (AvgIpc) is 3.08. The second-order valence-corrected chi connectivity index (χ2v) is 5.62. The number of benzene rings is 2. The van der Waals surface area contributed by atoms with Gasteiger partial charge in [-0.15, -0.1) is 0 Å². The van der Waals surface area contributed by atoms with Crippen LogP contribution in [0.2, 0.25) is 0 Å². The Morgan fingerprint density at radius 2 is 1.83 bits per heavy atom.